The van der Waals surface area contributed by atoms with E-state index < -0.39 is 8.32 Å². The molecule has 0 bridgehead atoms. The molecule has 1 saturated carbocycles. The van der Waals surface area contributed by atoms with Gasteiger partial charge in [-0.1, -0.05) is 148 Å². The lowest BCUT2D eigenvalue weighted by molar-refractivity contribution is -0.127. The van der Waals surface area contributed by atoms with Gasteiger partial charge in [0.25, 0.3) is 8.32 Å². The summed E-state index contributed by atoms with van der Waals surface area (Å²) >= 11 is 3.76. The molecule has 5 heteroatoms. The van der Waals surface area contributed by atoms with Crippen molar-refractivity contribution in [2.45, 2.75) is 83.3 Å². The quantitative estimate of drug-likeness (QED) is 0.0879. The summed E-state index contributed by atoms with van der Waals surface area (Å²) in [6, 6.07) is 39.7. The molecule has 2 aliphatic rings. The normalized spacial score (nSPS) is 24.7. The lowest BCUT2D eigenvalue weighted by atomic mass is 9.46. The highest BCUT2D eigenvalue weighted by Gasteiger charge is 2.59. The fourth-order valence-corrected chi connectivity index (χ4v) is 14.7. The van der Waals surface area contributed by atoms with Crippen LogP contribution in [0.25, 0.3) is 0 Å². The topological polar surface area (TPSA) is 35.5 Å². The molecular weight excluding hydrogens is 672 g/mol. The van der Waals surface area contributed by atoms with Gasteiger partial charge in [-0.05, 0) is 92.6 Å². The van der Waals surface area contributed by atoms with Crippen molar-refractivity contribution < 1.29 is 14.0 Å². The van der Waals surface area contributed by atoms with Gasteiger partial charge in [0.2, 0.25) is 0 Å². The fourth-order valence-electron chi connectivity index (χ4n) is 9.60. The molecule has 6 rings (SSSR count). The Balaban J connectivity index is 1.51. The predicted octanol–water partition coefficient (Wildman–Crippen LogP) is 9.61. The van der Waals surface area contributed by atoms with Crippen molar-refractivity contribution in [3.05, 3.63) is 130 Å². The van der Waals surface area contributed by atoms with Crippen molar-refractivity contribution in [1.82, 2.24) is 0 Å². The fraction of sp³-hybridized carbons (Fsp3) is 0.419. The van der Waals surface area contributed by atoms with Crippen molar-refractivity contribution in [3.63, 3.8) is 0 Å². The van der Waals surface area contributed by atoms with E-state index >= 15 is 0 Å². The second-order valence-corrected chi connectivity index (χ2v) is 20.8. The Kier molecular flexibility index (Phi) is 10.3. The maximum absolute atomic E-state index is 11.5. The Hall–Kier alpha value is -2.83. The summed E-state index contributed by atoms with van der Waals surface area (Å²) in [5.74, 6) is 0.594. The van der Waals surface area contributed by atoms with Crippen LogP contribution in [0.3, 0.4) is 0 Å². The molecule has 0 spiro atoms. The number of fused-ring (bicyclic) bond motifs is 3. The number of ether oxygens (including phenoxy) is 1. The second-order valence-electron chi connectivity index (χ2n) is 15.6. The smallest absolute Gasteiger partial charge is 0.261 e. The van der Waals surface area contributed by atoms with Gasteiger partial charge in [-0.25, -0.2) is 0 Å². The van der Waals surface area contributed by atoms with Gasteiger partial charge in [0, 0.05) is 17.5 Å². The number of rotatable bonds is 11. The first kappa shape index (κ1) is 35.0. The van der Waals surface area contributed by atoms with Gasteiger partial charge < -0.3 is 14.0 Å². The molecule has 3 nitrogen and oxygen atoms in total. The molecule has 5 atom stereocenters. The van der Waals surface area contributed by atoms with Crippen LogP contribution in [0.5, 0.6) is 0 Å². The molecule has 252 valence electrons. The molecule has 2 aliphatic carbocycles. The SMILES string of the molecule is CC(C)(C)[Si](OC[C@]1(C)[C@@H](C(OCCC=O)c2ccccc2)CC[C@]2(C)c3ccc(Br)cc3CC[C@@H]12)(c1ccccc1)c1ccccc1. The van der Waals surface area contributed by atoms with E-state index in [4.69, 9.17) is 9.16 Å². The number of carbonyl (C=O) groups excluding carboxylic acids is 1. The minimum Gasteiger partial charge on any atom is -0.407 e. The Labute approximate surface area is 297 Å². The third-order valence-electron chi connectivity index (χ3n) is 11.8. The summed E-state index contributed by atoms with van der Waals surface area (Å²) in [6.07, 6.45) is 5.51. The monoisotopic (exact) mass is 722 g/mol. The second kappa shape index (κ2) is 14.2. The van der Waals surface area contributed by atoms with Crippen LogP contribution in [0.1, 0.15) is 83.1 Å². The van der Waals surface area contributed by atoms with E-state index in [-0.39, 0.29) is 27.9 Å². The molecule has 0 saturated heterocycles. The number of aryl methyl sites for hydroxylation is 1. The summed E-state index contributed by atoms with van der Waals surface area (Å²) in [7, 11) is -2.81. The molecule has 48 heavy (non-hydrogen) atoms. The van der Waals surface area contributed by atoms with E-state index in [1.165, 1.54) is 27.1 Å². The van der Waals surface area contributed by atoms with Crippen molar-refractivity contribution in [2.24, 2.45) is 17.3 Å². The number of carbonyl (C=O) groups is 1. The Bertz CT molecular complexity index is 1630. The standard InChI is InChI=1S/C43H51BrO3Si/c1-41(2,3)48(35-18-11-7-12-19-35,36-20-13-8-14-21-36)47-31-43(5)38(40(46-29-15-28-45)32-16-9-6-10-17-32)26-27-42(4)37-24-23-34(44)30-33(37)22-25-39(42)43/h6-14,16-21,23-24,28,30,38-40H,15,22,25-27,29,31H2,1-5H3/t38-,39-,40?,42-,43-/m1/s1. The summed E-state index contributed by atoms with van der Waals surface area (Å²) in [5.41, 5.74) is 3.95. The van der Waals surface area contributed by atoms with Crippen LogP contribution in [0.4, 0.5) is 0 Å². The number of hydrogen-bond acceptors (Lipinski definition) is 3. The highest BCUT2D eigenvalue weighted by Crippen LogP contribution is 2.62. The average Bonchev–Trinajstić information content (AvgIpc) is 3.08. The summed E-state index contributed by atoms with van der Waals surface area (Å²) in [6.45, 7) is 13.2. The van der Waals surface area contributed by atoms with E-state index in [9.17, 15) is 4.79 Å². The number of hydrogen-bond donors (Lipinski definition) is 0. The zero-order valence-electron chi connectivity index (χ0n) is 29.3. The first-order valence-electron chi connectivity index (χ1n) is 17.7. The van der Waals surface area contributed by atoms with Crippen LogP contribution in [-0.2, 0) is 25.8 Å². The van der Waals surface area contributed by atoms with Gasteiger partial charge in [0.05, 0.1) is 12.7 Å². The van der Waals surface area contributed by atoms with E-state index in [1.807, 2.05) is 0 Å². The van der Waals surface area contributed by atoms with Crippen LogP contribution in [0.2, 0.25) is 5.04 Å². The third-order valence-corrected chi connectivity index (χ3v) is 17.3. The molecule has 0 aromatic heterocycles. The van der Waals surface area contributed by atoms with Crippen LogP contribution >= 0.6 is 15.9 Å². The third kappa shape index (κ3) is 6.32. The van der Waals surface area contributed by atoms with Gasteiger partial charge in [-0.15, -0.1) is 0 Å². The molecule has 4 aromatic carbocycles. The lowest BCUT2D eigenvalue weighted by Crippen LogP contribution is -2.68. The van der Waals surface area contributed by atoms with Crippen LogP contribution in [-0.4, -0.2) is 27.8 Å². The zero-order valence-corrected chi connectivity index (χ0v) is 31.8. The molecule has 0 N–H and O–H groups in total. The van der Waals surface area contributed by atoms with Crippen LogP contribution in [0, 0.1) is 17.3 Å². The number of benzene rings is 4. The Morgan fingerprint density at radius 2 is 1.48 bits per heavy atom. The molecular formula is C43H51BrO3Si. The minimum absolute atomic E-state index is 0.0123. The van der Waals surface area contributed by atoms with E-state index in [1.54, 1.807) is 0 Å². The summed E-state index contributed by atoms with van der Waals surface area (Å²) in [4.78, 5) is 11.5. The molecule has 4 aromatic rings. The van der Waals surface area contributed by atoms with Gasteiger partial charge in [-0.2, -0.15) is 0 Å². The van der Waals surface area contributed by atoms with Gasteiger partial charge in [-0.3, -0.25) is 0 Å². The largest absolute Gasteiger partial charge is 0.407 e. The summed E-state index contributed by atoms with van der Waals surface area (Å²) < 4.78 is 15.8. The van der Waals surface area contributed by atoms with Crippen molar-refractivity contribution in [2.75, 3.05) is 13.2 Å². The number of halogens is 1. The molecule has 0 amide bonds. The van der Waals surface area contributed by atoms with Crippen molar-refractivity contribution in [3.8, 4) is 0 Å². The zero-order chi connectivity index (χ0) is 34.0. The van der Waals surface area contributed by atoms with E-state index in [0.29, 0.717) is 25.6 Å². The molecule has 1 fully saturated rings. The Morgan fingerprint density at radius 1 is 0.875 bits per heavy atom. The molecule has 1 unspecified atom stereocenters. The highest BCUT2D eigenvalue weighted by molar-refractivity contribution is 9.10. The Morgan fingerprint density at radius 3 is 2.06 bits per heavy atom. The minimum atomic E-state index is -2.81. The average molecular weight is 724 g/mol. The first-order chi connectivity index (χ1) is 23.0. The molecule has 0 heterocycles. The van der Waals surface area contributed by atoms with E-state index in [0.717, 1.165) is 36.4 Å². The molecule has 0 radical (unpaired) electrons. The first-order valence-corrected chi connectivity index (χ1v) is 20.4. The maximum atomic E-state index is 11.5. The summed E-state index contributed by atoms with van der Waals surface area (Å²) in [5, 5.41) is 2.50. The highest BCUT2D eigenvalue weighted by atomic mass is 79.9. The van der Waals surface area contributed by atoms with E-state index in [2.05, 4.69) is 160 Å². The van der Waals surface area contributed by atoms with Crippen molar-refractivity contribution >= 4 is 40.9 Å². The number of aldehydes is 1. The van der Waals surface area contributed by atoms with Gasteiger partial charge >= 0.3 is 0 Å². The van der Waals surface area contributed by atoms with Gasteiger partial charge in [0.15, 0.2) is 0 Å². The maximum Gasteiger partial charge on any atom is 0.261 e. The van der Waals surface area contributed by atoms with Gasteiger partial charge in [0.1, 0.15) is 6.29 Å². The lowest BCUT2D eigenvalue weighted by Gasteiger charge is -2.60. The van der Waals surface area contributed by atoms with Crippen molar-refractivity contribution in [1.29, 1.82) is 0 Å². The van der Waals surface area contributed by atoms with Crippen LogP contribution < -0.4 is 10.4 Å². The predicted molar refractivity (Wildman–Crippen MR) is 204 cm³/mol. The molecule has 0 aliphatic heterocycles. The van der Waals surface area contributed by atoms with Crippen LogP contribution in [0.15, 0.2) is 114 Å².